The number of hydrogen-bond donors (Lipinski definition) is 0. The van der Waals surface area contributed by atoms with Crippen molar-refractivity contribution in [2.75, 3.05) is 20.6 Å². The van der Waals surface area contributed by atoms with Crippen LogP contribution in [0.4, 0.5) is 0 Å². The number of benzene rings is 1. The molecule has 0 aliphatic heterocycles. The van der Waals surface area contributed by atoms with E-state index in [0.717, 1.165) is 25.0 Å². The molecule has 0 amide bonds. The van der Waals surface area contributed by atoms with Crippen LogP contribution in [-0.4, -0.2) is 31.3 Å². The number of Topliss-reactive ketones (excluding diaryl/α,β-unsaturated/α-hetero) is 1. The van der Waals surface area contributed by atoms with Crippen LogP contribution in [0.5, 0.6) is 0 Å². The summed E-state index contributed by atoms with van der Waals surface area (Å²) < 4.78 is 0. The number of carbonyl (C=O) groups is 1. The summed E-state index contributed by atoms with van der Waals surface area (Å²) in [5.74, 6) is 0.502. The Morgan fingerprint density at radius 1 is 1.08 bits per heavy atom. The molecule has 1 aliphatic rings. The Balaban J connectivity index is 2.41. The molecular weight excluding hydrogens is 306 g/mol. The van der Waals surface area contributed by atoms with Gasteiger partial charge in [-0.05, 0) is 66.1 Å². The van der Waals surface area contributed by atoms with Crippen LogP contribution in [0.15, 0.2) is 23.8 Å². The largest absolute Gasteiger partial charge is 0.309 e. The maximum atomic E-state index is 12.7. The summed E-state index contributed by atoms with van der Waals surface area (Å²) in [4.78, 5) is 14.9. The van der Waals surface area contributed by atoms with Gasteiger partial charge in [-0.2, -0.15) is 0 Å². The lowest BCUT2D eigenvalue weighted by Crippen LogP contribution is -2.24. The first-order chi connectivity index (χ1) is 11.4. The third kappa shape index (κ3) is 4.82. The highest BCUT2D eigenvalue weighted by atomic mass is 16.1. The van der Waals surface area contributed by atoms with Crippen LogP contribution in [0.25, 0.3) is 6.08 Å². The minimum atomic E-state index is 0.0539. The summed E-state index contributed by atoms with van der Waals surface area (Å²) in [6.07, 6.45) is 4.04. The van der Waals surface area contributed by atoms with Crippen LogP contribution in [0, 0.1) is 5.92 Å². The van der Waals surface area contributed by atoms with Gasteiger partial charge in [0.25, 0.3) is 0 Å². The van der Waals surface area contributed by atoms with Crippen molar-refractivity contribution in [3.8, 4) is 0 Å². The lowest BCUT2D eigenvalue weighted by Gasteiger charge is -2.27. The minimum Gasteiger partial charge on any atom is -0.309 e. The second-order valence-electron chi connectivity index (χ2n) is 9.83. The van der Waals surface area contributed by atoms with E-state index in [2.05, 4.69) is 70.7 Å². The normalized spacial score (nSPS) is 20.8. The third-order valence-corrected chi connectivity index (χ3v) is 5.09. The van der Waals surface area contributed by atoms with E-state index in [1.807, 2.05) is 14.1 Å². The summed E-state index contributed by atoms with van der Waals surface area (Å²) in [7, 11) is 4.08. The molecule has 1 fully saturated rings. The maximum Gasteiger partial charge on any atom is 0.163 e. The number of carbonyl (C=O) groups excluding carboxylic acids is 1. The molecule has 0 aromatic heterocycles. The first kappa shape index (κ1) is 19.9. The number of allylic oxidation sites excluding steroid dienone is 1. The fraction of sp³-hybridized carbons (Fsp3) is 0.609. The summed E-state index contributed by atoms with van der Waals surface area (Å²) in [6.45, 7) is 14.4. The molecule has 1 aromatic carbocycles. The Morgan fingerprint density at radius 3 is 2.24 bits per heavy atom. The van der Waals surface area contributed by atoms with E-state index in [-0.39, 0.29) is 16.7 Å². The van der Waals surface area contributed by atoms with Gasteiger partial charge in [-0.15, -0.1) is 0 Å². The fourth-order valence-corrected chi connectivity index (χ4v) is 3.59. The Labute approximate surface area is 154 Å². The molecule has 138 valence electrons. The smallest absolute Gasteiger partial charge is 0.163 e. The van der Waals surface area contributed by atoms with Gasteiger partial charge >= 0.3 is 0 Å². The lowest BCUT2D eigenvalue weighted by molar-refractivity contribution is -0.118. The molecule has 2 nitrogen and oxygen atoms in total. The van der Waals surface area contributed by atoms with E-state index >= 15 is 0 Å². The second-order valence-corrected chi connectivity index (χ2v) is 9.83. The topological polar surface area (TPSA) is 20.3 Å². The van der Waals surface area contributed by atoms with Gasteiger partial charge in [-0.3, -0.25) is 4.79 Å². The van der Waals surface area contributed by atoms with E-state index < -0.39 is 0 Å². The predicted molar refractivity (Wildman–Crippen MR) is 108 cm³/mol. The van der Waals surface area contributed by atoms with Crippen LogP contribution < -0.4 is 0 Å². The van der Waals surface area contributed by atoms with Crippen molar-refractivity contribution in [1.29, 1.82) is 0 Å². The molecule has 25 heavy (non-hydrogen) atoms. The van der Waals surface area contributed by atoms with Gasteiger partial charge in [0.15, 0.2) is 5.78 Å². The van der Waals surface area contributed by atoms with E-state index in [1.54, 1.807) is 0 Å². The monoisotopic (exact) mass is 341 g/mol. The van der Waals surface area contributed by atoms with E-state index in [0.29, 0.717) is 5.78 Å². The summed E-state index contributed by atoms with van der Waals surface area (Å²) in [5.41, 5.74) is 5.07. The highest BCUT2D eigenvalue weighted by Crippen LogP contribution is 2.35. The van der Waals surface area contributed by atoms with Crippen molar-refractivity contribution in [2.24, 2.45) is 5.92 Å². The van der Waals surface area contributed by atoms with E-state index in [1.165, 1.54) is 16.7 Å². The summed E-state index contributed by atoms with van der Waals surface area (Å²) in [5, 5.41) is 0. The van der Waals surface area contributed by atoms with Gasteiger partial charge in [0.1, 0.15) is 0 Å². The van der Waals surface area contributed by atoms with Gasteiger partial charge in [-0.25, -0.2) is 0 Å². The molecule has 0 radical (unpaired) electrons. The zero-order chi connectivity index (χ0) is 19.0. The quantitative estimate of drug-likeness (QED) is 0.704. The highest BCUT2D eigenvalue weighted by molar-refractivity contribution is 6.03. The second kappa shape index (κ2) is 7.07. The molecule has 1 saturated carbocycles. The molecule has 0 N–H and O–H groups in total. The van der Waals surface area contributed by atoms with Crippen molar-refractivity contribution in [3.63, 3.8) is 0 Å². The van der Waals surface area contributed by atoms with Crippen molar-refractivity contribution >= 4 is 11.9 Å². The van der Waals surface area contributed by atoms with Gasteiger partial charge in [0.2, 0.25) is 0 Å². The zero-order valence-electron chi connectivity index (χ0n) is 17.4. The number of ketones is 1. The predicted octanol–water partition coefficient (Wildman–Crippen LogP) is 5.21. The van der Waals surface area contributed by atoms with Crippen molar-refractivity contribution < 1.29 is 4.79 Å². The molecule has 0 heterocycles. The standard InChI is InChI=1S/C23H35NO/c1-22(2,3)19-12-11-16(20(14-19)23(4,5)6)13-17-9-10-18(21(17)25)15-24(7)8/h11-14,18H,9-10,15H2,1-8H3/b17-13-. The Morgan fingerprint density at radius 2 is 1.72 bits per heavy atom. The minimum absolute atomic E-state index is 0.0539. The molecule has 0 saturated heterocycles. The first-order valence-corrected chi connectivity index (χ1v) is 9.44. The summed E-state index contributed by atoms with van der Waals surface area (Å²) in [6, 6.07) is 6.77. The van der Waals surface area contributed by atoms with Gasteiger partial charge < -0.3 is 4.90 Å². The summed E-state index contributed by atoms with van der Waals surface area (Å²) >= 11 is 0. The van der Waals surface area contributed by atoms with Crippen LogP contribution in [0.2, 0.25) is 0 Å². The Kier molecular flexibility index (Phi) is 5.63. The van der Waals surface area contributed by atoms with Crippen molar-refractivity contribution in [3.05, 3.63) is 40.5 Å². The van der Waals surface area contributed by atoms with Gasteiger partial charge in [0, 0.05) is 12.5 Å². The fourth-order valence-electron chi connectivity index (χ4n) is 3.59. The molecule has 1 aliphatic carbocycles. The lowest BCUT2D eigenvalue weighted by atomic mass is 9.78. The van der Waals surface area contributed by atoms with E-state index in [9.17, 15) is 4.79 Å². The van der Waals surface area contributed by atoms with Crippen LogP contribution >= 0.6 is 0 Å². The number of nitrogens with zero attached hydrogens (tertiary/aromatic N) is 1. The van der Waals surface area contributed by atoms with Crippen molar-refractivity contribution in [2.45, 2.75) is 65.2 Å². The van der Waals surface area contributed by atoms with Crippen LogP contribution in [0.3, 0.4) is 0 Å². The number of hydrogen-bond acceptors (Lipinski definition) is 2. The molecule has 1 unspecified atom stereocenters. The average Bonchev–Trinajstić information content (AvgIpc) is 2.78. The number of rotatable bonds is 3. The zero-order valence-corrected chi connectivity index (χ0v) is 17.4. The maximum absolute atomic E-state index is 12.7. The molecule has 1 aromatic rings. The van der Waals surface area contributed by atoms with Crippen molar-refractivity contribution in [1.82, 2.24) is 4.90 Å². The molecule has 2 heteroatoms. The Bertz CT molecular complexity index is 668. The molecule has 0 bridgehead atoms. The average molecular weight is 342 g/mol. The molecule has 1 atom stereocenters. The van der Waals surface area contributed by atoms with E-state index in [4.69, 9.17) is 0 Å². The van der Waals surface area contributed by atoms with Gasteiger partial charge in [0.05, 0.1) is 0 Å². The van der Waals surface area contributed by atoms with Gasteiger partial charge in [-0.1, -0.05) is 59.7 Å². The Hall–Kier alpha value is -1.41. The molecular formula is C23H35NO. The SMILES string of the molecule is CN(C)CC1CC/C(=C/c2ccc(C(C)(C)C)cc2C(C)(C)C)C1=O. The molecule has 0 spiro atoms. The first-order valence-electron chi connectivity index (χ1n) is 9.44. The molecule has 2 rings (SSSR count). The van der Waals surface area contributed by atoms with Crippen LogP contribution in [-0.2, 0) is 15.6 Å². The van der Waals surface area contributed by atoms with Crippen LogP contribution in [0.1, 0.15) is 71.1 Å². The third-order valence-electron chi connectivity index (χ3n) is 5.09. The highest BCUT2D eigenvalue weighted by Gasteiger charge is 2.30.